The third-order valence-electron chi connectivity index (χ3n) is 3.22. The highest BCUT2D eigenvalue weighted by molar-refractivity contribution is 5.29. The molecule has 1 saturated heterocycles. The number of benzene rings is 1. The predicted octanol–water partition coefficient (Wildman–Crippen LogP) is 1.29. The van der Waals surface area contributed by atoms with Gasteiger partial charge in [0, 0.05) is 32.8 Å². The van der Waals surface area contributed by atoms with Gasteiger partial charge in [-0.05, 0) is 24.7 Å². The molecule has 0 spiro atoms. The van der Waals surface area contributed by atoms with Gasteiger partial charge in [-0.3, -0.25) is 0 Å². The van der Waals surface area contributed by atoms with Crippen molar-refractivity contribution in [3.8, 4) is 5.75 Å². The molecule has 0 saturated carbocycles. The summed E-state index contributed by atoms with van der Waals surface area (Å²) < 4.78 is 10.5. The third kappa shape index (κ3) is 3.70. The minimum atomic E-state index is 0.428. The van der Waals surface area contributed by atoms with Crippen LogP contribution in [-0.2, 0) is 4.74 Å². The second kappa shape index (κ2) is 6.73. The summed E-state index contributed by atoms with van der Waals surface area (Å²) in [6.07, 6.45) is 0. The Hall–Kier alpha value is -1.10. The van der Waals surface area contributed by atoms with Crippen LogP contribution in [0.4, 0.5) is 0 Å². The summed E-state index contributed by atoms with van der Waals surface area (Å²) in [5.74, 6) is 0.903. The third-order valence-corrected chi connectivity index (χ3v) is 3.22. The molecule has 1 aromatic carbocycles. The fraction of sp³-hybridized carbons (Fsp3) is 0.571. The quantitative estimate of drug-likeness (QED) is 0.798. The average molecular weight is 250 g/mol. The van der Waals surface area contributed by atoms with Crippen LogP contribution in [0.2, 0.25) is 0 Å². The number of hydrogen-bond acceptors (Lipinski definition) is 4. The van der Waals surface area contributed by atoms with Crippen LogP contribution in [0, 0.1) is 0 Å². The molecule has 1 fully saturated rings. The van der Waals surface area contributed by atoms with Crippen molar-refractivity contribution in [1.82, 2.24) is 10.2 Å². The van der Waals surface area contributed by atoms with Gasteiger partial charge in [-0.1, -0.05) is 12.1 Å². The Morgan fingerprint density at radius 2 is 2.06 bits per heavy atom. The zero-order chi connectivity index (χ0) is 12.8. The largest absolute Gasteiger partial charge is 0.491 e. The first kappa shape index (κ1) is 13.3. The molecule has 1 atom stereocenters. The van der Waals surface area contributed by atoms with Crippen molar-refractivity contribution in [2.45, 2.75) is 6.04 Å². The number of likely N-dealkylation sites (N-methyl/N-ethyl adjacent to an activating group) is 1. The molecule has 0 amide bonds. The van der Waals surface area contributed by atoms with Crippen molar-refractivity contribution in [1.29, 1.82) is 0 Å². The number of hydrogen-bond donors (Lipinski definition) is 1. The van der Waals surface area contributed by atoms with E-state index in [1.54, 1.807) is 7.11 Å². The van der Waals surface area contributed by atoms with E-state index in [2.05, 4.69) is 29.4 Å². The number of ether oxygens (including phenoxy) is 2. The SMILES string of the molecule is COCCOc1ccc(C2CN(C)CCN2)cc1. The minimum Gasteiger partial charge on any atom is -0.491 e. The van der Waals surface area contributed by atoms with Crippen LogP contribution < -0.4 is 10.1 Å². The molecule has 0 radical (unpaired) electrons. The number of methoxy groups -OCH3 is 1. The smallest absolute Gasteiger partial charge is 0.119 e. The Kier molecular flexibility index (Phi) is 4.99. The van der Waals surface area contributed by atoms with Crippen LogP contribution in [0.15, 0.2) is 24.3 Å². The van der Waals surface area contributed by atoms with E-state index in [-0.39, 0.29) is 0 Å². The maximum absolute atomic E-state index is 5.55. The average Bonchev–Trinajstić information content (AvgIpc) is 2.40. The summed E-state index contributed by atoms with van der Waals surface area (Å²) in [6, 6.07) is 8.76. The lowest BCUT2D eigenvalue weighted by molar-refractivity contribution is 0.146. The summed E-state index contributed by atoms with van der Waals surface area (Å²) in [5, 5.41) is 3.54. The standard InChI is InChI=1S/C14H22N2O2/c1-16-8-7-15-14(11-16)12-3-5-13(6-4-12)18-10-9-17-2/h3-6,14-15H,7-11H2,1-2H3. The molecule has 1 aliphatic heterocycles. The van der Waals surface area contributed by atoms with E-state index in [9.17, 15) is 0 Å². The van der Waals surface area contributed by atoms with E-state index in [1.807, 2.05) is 12.1 Å². The van der Waals surface area contributed by atoms with Crippen molar-refractivity contribution >= 4 is 0 Å². The Morgan fingerprint density at radius 1 is 1.28 bits per heavy atom. The second-order valence-corrected chi connectivity index (χ2v) is 4.68. The van der Waals surface area contributed by atoms with Crippen LogP contribution in [-0.4, -0.2) is 51.9 Å². The predicted molar refractivity (Wildman–Crippen MR) is 72.1 cm³/mol. The van der Waals surface area contributed by atoms with Crippen molar-refractivity contribution < 1.29 is 9.47 Å². The Labute approximate surface area is 109 Å². The Morgan fingerprint density at radius 3 is 2.72 bits per heavy atom. The monoisotopic (exact) mass is 250 g/mol. The van der Waals surface area contributed by atoms with Gasteiger partial charge >= 0.3 is 0 Å². The van der Waals surface area contributed by atoms with E-state index in [0.717, 1.165) is 25.4 Å². The highest BCUT2D eigenvalue weighted by Crippen LogP contribution is 2.20. The molecule has 4 heteroatoms. The normalized spacial score (nSPS) is 20.9. The van der Waals surface area contributed by atoms with Gasteiger partial charge in [0.2, 0.25) is 0 Å². The molecule has 0 aliphatic carbocycles. The van der Waals surface area contributed by atoms with Gasteiger partial charge in [0.05, 0.1) is 6.61 Å². The van der Waals surface area contributed by atoms with E-state index in [1.165, 1.54) is 5.56 Å². The van der Waals surface area contributed by atoms with Crippen molar-refractivity contribution in [3.63, 3.8) is 0 Å². The van der Waals surface area contributed by atoms with E-state index in [4.69, 9.17) is 9.47 Å². The molecule has 1 N–H and O–H groups in total. The summed E-state index contributed by atoms with van der Waals surface area (Å²) in [6.45, 7) is 4.45. The lowest BCUT2D eigenvalue weighted by atomic mass is 10.0. The molecule has 1 aromatic rings. The summed E-state index contributed by atoms with van der Waals surface area (Å²) >= 11 is 0. The van der Waals surface area contributed by atoms with Crippen LogP contribution in [0.3, 0.4) is 0 Å². The molecule has 4 nitrogen and oxygen atoms in total. The fourth-order valence-corrected chi connectivity index (χ4v) is 2.16. The maximum Gasteiger partial charge on any atom is 0.119 e. The van der Waals surface area contributed by atoms with Gasteiger partial charge in [-0.15, -0.1) is 0 Å². The molecular formula is C14H22N2O2. The zero-order valence-electron chi connectivity index (χ0n) is 11.2. The molecule has 1 aliphatic rings. The minimum absolute atomic E-state index is 0.428. The number of piperazine rings is 1. The molecule has 2 rings (SSSR count). The topological polar surface area (TPSA) is 33.7 Å². The first-order valence-corrected chi connectivity index (χ1v) is 6.43. The van der Waals surface area contributed by atoms with E-state index in [0.29, 0.717) is 19.3 Å². The zero-order valence-corrected chi connectivity index (χ0v) is 11.2. The van der Waals surface area contributed by atoms with Gasteiger partial charge in [-0.25, -0.2) is 0 Å². The van der Waals surface area contributed by atoms with Crippen LogP contribution in [0.5, 0.6) is 5.75 Å². The van der Waals surface area contributed by atoms with E-state index >= 15 is 0 Å². The Balaban J connectivity index is 1.90. The van der Waals surface area contributed by atoms with Gasteiger partial charge in [-0.2, -0.15) is 0 Å². The van der Waals surface area contributed by atoms with Crippen LogP contribution in [0.25, 0.3) is 0 Å². The molecule has 1 heterocycles. The van der Waals surface area contributed by atoms with Gasteiger partial charge in [0.1, 0.15) is 12.4 Å². The maximum atomic E-state index is 5.55. The molecule has 0 aromatic heterocycles. The highest BCUT2D eigenvalue weighted by Gasteiger charge is 2.17. The number of nitrogens with zero attached hydrogens (tertiary/aromatic N) is 1. The van der Waals surface area contributed by atoms with Gasteiger partial charge in [0.25, 0.3) is 0 Å². The number of rotatable bonds is 5. The lowest BCUT2D eigenvalue weighted by Gasteiger charge is -2.31. The van der Waals surface area contributed by atoms with Crippen molar-refractivity contribution in [2.75, 3.05) is 47.0 Å². The fourth-order valence-electron chi connectivity index (χ4n) is 2.16. The highest BCUT2D eigenvalue weighted by atomic mass is 16.5. The molecule has 100 valence electrons. The van der Waals surface area contributed by atoms with Crippen molar-refractivity contribution in [2.24, 2.45) is 0 Å². The number of nitrogens with one attached hydrogen (secondary N) is 1. The summed E-state index contributed by atoms with van der Waals surface area (Å²) in [7, 11) is 3.84. The lowest BCUT2D eigenvalue weighted by Crippen LogP contribution is -2.43. The van der Waals surface area contributed by atoms with Gasteiger partial charge < -0.3 is 19.7 Å². The molecule has 18 heavy (non-hydrogen) atoms. The van der Waals surface area contributed by atoms with Crippen molar-refractivity contribution in [3.05, 3.63) is 29.8 Å². The first-order chi connectivity index (χ1) is 8.79. The molecule has 1 unspecified atom stereocenters. The van der Waals surface area contributed by atoms with Crippen LogP contribution >= 0.6 is 0 Å². The Bertz CT molecular complexity index is 353. The summed E-state index contributed by atoms with van der Waals surface area (Å²) in [4.78, 5) is 2.35. The molecule has 0 bridgehead atoms. The first-order valence-electron chi connectivity index (χ1n) is 6.43. The van der Waals surface area contributed by atoms with E-state index < -0.39 is 0 Å². The molecular weight excluding hydrogens is 228 g/mol. The second-order valence-electron chi connectivity index (χ2n) is 4.68. The van der Waals surface area contributed by atoms with Gasteiger partial charge in [0.15, 0.2) is 0 Å². The van der Waals surface area contributed by atoms with Crippen LogP contribution in [0.1, 0.15) is 11.6 Å². The summed E-state index contributed by atoms with van der Waals surface area (Å²) in [5.41, 5.74) is 1.32.